The fourth-order valence-corrected chi connectivity index (χ4v) is 2.95. The topological polar surface area (TPSA) is 9.23 Å². The molecule has 0 radical (unpaired) electrons. The summed E-state index contributed by atoms with van der Waals surface area (Å²) < 4.78 is 7.66. The lowest BCUT2D eigenvalue weighted by Gasteiger charge is -2.16. The van der Waals surface area contributed by atoms with Gasteiger partial charge in [0.15, 0.2) is 0 Å². The van der Waals surface area contributed by atoms with Gasteiger partial charge in [0.2, 0.25) is 0 Å². The Morgan fingerprint density at radius 1 is 1.11 bits per heavy atom. The van der Waals surface area contributed by atoms with Gasteiger partial charge in [-0.1, -0.05) is 44.0 Å². The average Bonchev–Trinajstić information content (AvgIpc) is 2.40. The van der Waals surface area contributed by atoms with Crippen LogP contribution in [-0.4, -0.2) is 6.61 Å². The molecule has 2 aromatic carbocycles. The lowest BCUT2D eigenvalue weighted by Crippen LogP contribution is -2.00. The Bertz CT molecular complexity index is 572. The van der Waals surface area contributed by atoms with Crippen LogP contribution in [0.3, 0.4) is 0 Å². The minimum absolute atomic E-state index is 0.239. The Hall–Kier alpha value is -0.510. The van der Waals surface area contributed by atoms with Crippen LogP contribution >= 0.6 is 43.5 Å². The van der Waals surface area contributed by atoms with Crippen molar-refractivity contribution in [3.8, 4) is 5.75 Å². The van der Waals surface area contributed by atoms with Gasteiger partial charge in [0.25, 0.3) is 0 Å². The molecule has 0 N–H and O–H groups in total. The highest BCUT2D eigenvalue weighted by atomic mass is 79.9. The summed E-state index contributed by atoms with van der Waals surface area (Å²) in [6.07, 6.45) is 0. The molecule has 0 aliphatic carbocycles. The van der Waals surface area contributed by atoms with Gasteiger partial charge in [-0.2, -0.15) is 0 Å². The largest absolute Gasteiger partial charge is 0.494 e. The zero-order valence-electron chi connectivity index (χ0n) is 10.4. The van der Waals surface area contributed by atoms with Gasteiger partial charge in [0, 0.05) is 14.5 Å². The van der Waals surface area contributed by atoms with Gasteiger partial charge in [-0.25, -0.2) is 0 Å². The molecule has 0 aliphatic heterocycles. The second kappa shape index (κ2) is 6.78. The van der Waals surface area contributed by atoms with Crippen LogP contribution in [0.15, 0.2) is 51.4 Å². The Labute approximate surface area is 135 Å². The van der Waals surface area contributed by atoms with Gasteiger partial charge in [0.1, 0.15) is 5.75 Å². The fourth-order valence-electron chi connectivity index (χ4n) is 1.85. The number of hydrogen-bond acceptors (Lipinski definition) is 1. The van der Waals surface area contributed by atoms with Crippen molar-refractivity contribution in [2.75, 3.05) is 6.61 Å². The highest BCUT2D eigenvalue weighted by molar-refractivity contribution is 9.10. The van der Waals surface area contributed by atoms with Gasteiger partial charge >= 0.3 is 0 Å². The van der Waals surface area contributed by atoms with Crippen molar-refractivity contribution in [1.29, 1.82) is 0 Å². The number of hydrogen-bond donors (Lipinski definition) is 0. The Balaban J connectivity index is 2.42. The lowest BCUT2D eigenvalue weighted by molar-refractivity contribution is 0.337. The fraction of sp³-hybridized carbons (Fsp3) is 0.200. The third-order valence-electron chi connectivity index (χ3n) is 2.69. The van der Waals surface area contributed by atoms with E-state index in [1.54, 1.807) is 0 Å². The summed E-state index contributed by atoms with van der Waals surface area (Å²) in [5.41, 5.74) is 2.01. The molecule has 1 nitrogen and oxygen atoms in total. The normalized spacial score (nSPS) is 12.2. The first-order valence-corrected chi connectivity index (χ1v) is 7.96. The summed E-state index contributed by atoms with van der Waals surface area (Å²) in [5.74, 6) is 0.825. The van der Waals surface area contributed by atoms with E-state index >= 15 is 0 Å². The van der Waals surface area contributed by atoms with E-state index in [1.807, 2.05) is 49.4 Å². The van der Waals surface area contributed by atoms with Crippen LogP contribution in [0.25, 0.3) is 0 Å². The maximum Gasteiger partial charge on any atom is 0.124 e. The van der Waals surface area contributed by atoms with E-state index in [1.165, 1.54) is 0 Å². The molecule has 0 heterocycles. The van der Waals surface area contributed by atoms with Crippen molar-refractivity contribution >= 4 is 43.5 Å². The zero-order chi connectivity index (χ0) is 13.8. The smallest absolute Gasteiger partial charge is 0.124 e. The van der Waals surface area contributed by atoms with Gasteiger partial charge in [-0.3, -0.25) is 0 Å². The van der Waals surface area contributed by atoms with E-state index in [-0.39, 0.29) is 5.38 Å². The number of ether oxygens (including phenoxy) is 1. The standard InChI is InChI=1S/C15H13Br2ClO/c1-2-19-14-7-6-12(17)9-13(14)15(18)10-4-3-5-11(16)8-10/h3-9,15H,2H2,1H3. The highest BCUT2D eigenvalue weighted by Crippen LogP contribution is 2.37. The van der Waals surface area contributed by atoms with Crippen LogP contribution in [0.4, 0.5) is 0 Å². The summed E-state index contributed by atoms with van der Waals surface area (Å²) in [5, 5.41) is -0.239. The molecule has 0 aliphatic rings. The summed E-state index contributed by atoms with van der Waals surface area (Å²) in [6, 6.07) is 13.9. The summed E-state index contributed by atoms with van der Waals surface area (Å²) in [6.45, 7) is 2.59. The van der Waals surface area contributed by atoms with Crippen LogP contribution < -0.4 is 4.74 Å². The lowest BCUT2D eigenvalue weighted by atomic mass is 10.0. The maximum absolute atomic E-state index is 6.59. The van der Waals surface area contributed by atoms with Crippen molar-refractivity contribution in [2.24, 2.45) is 0 Å². The van der Waals surface area contributed by atoms with Crippen molar-refractivity contribution in [1.82, 2.24) is 0 Å². The third kappa shape index (κ3) is 3.74. The van der Waals surface area contributed by atoms with E-state index in [4.69, 9.17) is 16.3 Å². The third-order valence-corrected chi connectivity index (χ3v) is 4.16. The van der Waals surface area contributed by atoms with Gasteiger partial charge in [0.05, 0.1) is 12.0 Å². The molecular formula is C15H13Br2ClO. The second-order valence-corrected chi connectivity index (χ2v) is 6.30. The first-order chi connectivity index (χ1) is 9.11. The van der Waals surface area contributed by atoms with E-state index < -0.39 is 0 Å². The molecule has 2 rings (SSSR count). The van der Waals surface area contributed by atoms with E-state index in [2.05, 4.69) is 31.9 Å². The molecule has 0 aromatic heterocycles. The SMILES string of the molecule is CCOc1ccc(Br)cc1C(Cl)c1cccc(Br)c1. The maximum atomic E-state index is 6.59. The van der Waals surface area contributed by atoms with E-state index in [0.29, 0.717) is 6.61 Å². The van der Waals surface area contributed by atoms with Crippen LogP contribution in [-0.2, 0) is 0 Å². The zero-order valence-corrected chi connectivity index (χ0v) is 14.3. The van der Waals surface area contributed by atoms with E-state index in [0.717, 1.165) is 25.8 Å². The molecule has 1 atom stereocenters. The first-order valence-electron chi connectivity index (χ1n) is 5.93. The molecule has 19 heavy (non-hydrogen) atoms. The minimum Gasteiger partial charge on any atom is -0.494 e. The van der Waals surface area contributed by atoms with Gasteiger partial charge in [-0.05, 0) is 42.8 Å². The molecule has 100 valence electrons. The van der Waals surface area contributed by atoms with Crippen LogP contribution in [0.1, 0.15) is 23.4 Å². The predicted molar refractivity (Wildman–Crippen MR) is 87.1 cm³/mol. The van der Waals surface area contributed by atoms with Crippen molar-refractivity contribution in [3.05, 3.63) is 62.5 Å². The van der Waals surface area contributed by atoms with Crippen molar-refractivity contribution < 1.29 is 4.74 Å². The summed E-state index contributed by atoms with van der Waals surface area (Å²) in [7, 11) is 0. The summed E-state index contributed by atoms with van der Waals surface area (Å²) in [4.78, 5) is 0. The van der Waals surface area contributed by atoms with Crippen LogP contribution in [0, 0.1) is 0 Å². The molecule has 2 aromatic rings. The van der Waals surface area contributed by atoms with Crippen LogP contribution in [0.5, 0.6) is 5.75 Å². The Kier molecular flexibility index (Phi) is 5.31. The van der Waals surface area contributed by atoms with Gasteiger partial charge in [-0.15, -0.1) is 11.6 Å². The van der Waals surface area contributed by atoms with Gasteiger partial charge < -0.3 is 4.74 Å². The molecule has 1 unspecified atom stereocenters. The predicted octanol–water partition coefficient (Wildman–Crippen LogP) is 5.94. The summed E-state index contributed by atoms with van der Waals surface area (Å²) >= 11 is 13.5. The molecule has 4 heteroatoms. The molecule has 0 bridgehead atoms. The quantitative estimate of drug-likeness (QED) is 0.573. The highest BCUT2D eigenvalue weighted by Gasteiger charge is 2.16. The number of halogens is 3. The first kappa shape index (κ1) is 14.9. The Morgan fingerprint density at radius 2 is 1.84 bits per heavy atom. The second-order valence-electron chi connectivity index (χ2n) is 4.03. The van der Waals surface area contributed by atoms with Crippen molar-refractivity contribution in [3.63, 3.8) is 0 Å². The molecule has 0 spiro atoms. The number of benzene rings is 2. The van der Waals surface area contributed by atoms with Crippen molar-refractivity contribution in [2.45, 2.75) is 12.3 Å². The minimum atomic E-state index is -0.239. The number of rotatable bonds is 4. The monoisotopic (exact) mass is 402 g/mol. The molecule has 0 saturated carbocycles. The molecule has 0 saturated heterocycles. The molecule has 0 fully saturated rings. The van der Waals surface area contributed by atoms with Crippen LogP contribution in [0.2, 0.25) is 0 Å². The number of alkyl halides is 1. The Morgan fingerprint density at radius 3 is 2.53 bits per heavy atom. The average molecular weight is 405 g/mol. The molecular weight excluding hydrogens is 391 g/mol. The molecule has 0 amide bonds. The van der Waals surface area contributed by atoms with E-state index in [9.17, 15) is 0 Å².